The van der Waals surface area contributed by atoms with Crippen molar-refractivity contribution in [2.24, 2.45) is 0 Å². The van der Waals surface area contributed by atoms with Crippen LogP contribution in [0.1, 0.15) is 0 Å². The lowest BCUT2D eigenvalue weighted by Crippen LogP contribution is -2.09. The summed E-state index contributed by atoms with van der Waals surface area (Å²) in [6.45, 7) is 0. The van der Waals surface area contributed by atoms with Gasteiger partial charge in [0.15, 0.2) is 5.82 Å². The molecule has 2 aromatic heterocycles. The predicted octanol–water partition coefficient (Wildman–Crippen LogP) is 14.2. The van der Waals surface area contributed by atoms with E-state index in [-0.39, 0.29) is 0 Å². The molecular formula is C52H35N3O. The standard InChI is InChI=1S/C52H35N3O/c1-5-13-36(14-6-1)38-21-23-41(24-22-38)52-53-48(40-17-9-3-10-18-40)35-49(54-52)42-27-31-46-47-34-45(30-32-50(47)56-51(46)33-42)55(43-19-11-4-12-20-43)44-28-25-39(26-29-44)37-15-7-2-8-16-37/h1-35H. The van der Waals surface area contributed by atoms with Gasteiger partial charge in [-0.05, 0) is 82.9 Å². The Morgan fingerprint density at radius 2 is 0.768 bits per heavy atom. The number of anilines is 3. The predicted molar refractivity (Wildman–Crippen MR) is 231 cm³/mol. The number of furan rings is 1. The molecule has 0 bridgehead atoms. The molecule has 0 fully saturated rings. The van der Waals surface area contributed by atoms with Crippen molar-refractivity contribution in [1.82, 2.24) is 9.97 Å². The second kappa shape index (κ2) is 14.3. The molecule has 0 unspecified atom stereocenters. The van der Waals surface area contributed by atoms with E-state index in [1.165, 1.54) is 16.7 Å². The van der Waals surface area contributed by atoms with Gasteiger partial charge >= 0.3 is 0 Å². The van der Waals surface area contributed by atoms with Gasteiger partial charge in [-0.1, -0.05) is 152 Å². The third kappa shape index (κ3) is 6.40. The molecule has 4 nitrogen and oxygen atoms in total. The smallest absolute Gasteiger partial charge is 0.160 e. The Labute approximate surface area is 325 Å². The highest BCUT2D eigenvalue weighted by Crippen LogP contribution is 2.40. The summed E-state index contributed by atoms with van der Waals surface area (Å²) in [6.07, 6.45) is 0. The maximum atomic E-state index is 6.55. The average Bonchev–Trinajstić information content (AvgIpc) is 3.65. The largest absolute Gasteiger partial charge is 0.456 e. The van der Waals surface area contributed by atoms with Crippen LogP contribution in [-0.2, 0) is 0 Å². The highest BCUT2D eigenvalue weighted by molar-refractivity contribution is 6.07. The molecule has 4 heteroatoms. The van der Waals surface area contributed by atoms with Crippen LogP contribution >= 0.6 is 0 Å². The molecule has 10 rings (SSSR count). The molecule has 0 aliphatic carbocycles. The van der Waals surface area contributed by atoms with E-state index in [2.05, 4.69) is 187 Å². The Morgan fingerprint density at radius 1 is 0.304 bits per heavy atom. The third-order valence-corrected chi connectivity index (χ3v) is 10.3. The molecule has 0 aliphatic heterocycles. The summed E-state index contributed by atoms with van der Waals surface area (Å²) in [5, 5.41) is 2.10. The molecule has 0 saturated carbocycles. The van der Waals surface area contributed by atoms with Crippen molar-refractivity contribution in [3.8, 4) is 56.2 Å². The maximum Gasteiger partial charge on any atom is 0.160 e. The molecule has 0 aliphatic rings. The molecule has 0 N–H and O–H groups in total. The quantitative estimate of drug-likeness (QED) is 0.157. The highest BCUT2D eigenvalue weighted by atomic mass is 16.3. The van der Waals surface area contributed by atoms with Gasteiger partial charge < -0.3 is 9.32 Å². The zero-order valence-electron chi connectivity index (χ0n) is 30.5. The number of hydrogen-bond donors (Lipinski definition) is 0. The molecule has 0 saturated heterocycles. The Bertz CT molecular complexity index is 2920. The van der Waals surface area contributed by atoms with Gasteiger partial charge in [-0.2, -0.15) is 0 Å². The topological polar surface area (TPSA) is 42.2 Å². The Hall–Kier alpha value is -7.56. The summed E-state index contributed by atoms with van der Waals surface area (Å²) < 4.78 is 6.55. The summed E-state index contributed by atoms with van der Waals surface area (Å²) in [5.41, 5.74) is 14.2. The van der Waals surface area contributed by atoms with Crippen LogP contribution in [0.15, 0.2) is 217 Å². The molecule has 264 valence electrons. The number of nitrogens with zero attached hydrogens (tertiary/aromatic N) is 3. The van der Waals surface area contributed by atoms with Crippen molar-refractivity contribution >= 4 is 39.0 Å². The lowest BCUT2D eigenvalue weighted by molar-refractivity contribution is 0.669. The zero-order chi connectivity index (χ0) is 37.3. The fourth-order valence-electron chi connectivity index (χ4n) is 7.44. The highest BCUT2D eigenvalue weighted by Gasteiger charge is 2.17. The van der Waals surface area contributed by atoms with Crippen molar-refractivity contribution in [2.45, 2.75) is 0 Å². The maximum absolute atomic E-state index is 6.55. The Balaban J connectivity index is 1.04. The van der Waals surface area contributed by atoms with E-state index in [9.17, 15) is 0 Å². The molecule has 2 heterocycles. The monoisotopic (exact) mass is 717 g/mol. The number of benzene rings is 8. The van der Waals surface area contributed by atoms with E-state index < -0.39 is 0 Å². The zero-order valence-corrected chi connectivity index (χ0v) is 30.5. The molecule has 0 spiro atoms. The number of fused-ring (bicyclic) bond motifs is 3. The van der Waals surface area contributed by atoms with Crippen LogP contribution in [0, 0.1) is 0 Å². The lowest BCUT2D eigenvalue weighted by Gasteiger charge is -2.25. The molecule has 0 amide bonds. The van der Waals surface area contributed by atoms with Gasteiger partial charge in [0.1, 0.15) is 11.2 Å². The van der Waals surface area contributed by atoms with Crippen molar-refractivity contribution in [3.05, 3.63) is 212 Å². The number of aromatic nitrogens is 2. The van der Waals surface area contributed by atoms with Gasteiger partial charge in [-0.3, -0.25) is 0 Å². The summed E-state index contributed by atoms with van der Waals surface area (Å²) >= 11 is 0. The van der Waals surface area contributed by atoms with Crippen LogP contribution in [0.2, 0.25) is 0 Å². The number of rotatable bonds is 8. The van der Waals surface area contributed by atoms with Crippen LogP contribution < -0.4 is 4.90 Å². The first-order valence-corrected chi connectivity index (χ1v) is 18.8. The Kier molecular flexibility index (Phi) is 8.47. The van der Waals surface area contributed by atoms with E-state index >= 15 is 0 Å². The molecule has 56 heavy (non-hydrogen) atoms. The summed E-state index contributed by atoms with van der Waals surface area (Å²) in [6, 6.07) is 73.8. The van der Waals surface area contributed by atoms with Crippen LogP contribution in [0.4, 0.5) is 17.1 Å². The average molecular weight is 718 g/mol. The van der Waals surface area contributed by atoms with Gasteiger partial charge in [0.2, 0.25) is 0 Å². The number of hydrogen-bond acceptors (Lipinski definition) is 4. The molecule has 8 aromatic carbocycles. The van der Waals surface area contributed by atoms with Crippen LogP contribution in [0.25, 0.3) is 78.1 Å². The summed E-state index contributed by atoms with van der Waals surface area (Å²) in [4.78, 5) is 12.5. The van der Waals surface area contributed by atoms with Crippen molar-refractivity contribution in [1.29, 1.82) is 0 Å². The lowest BCUT2D eigenvalue weighted by atomic mass is 10.0. The van der Waals surface area contributed by atoms with Gasteiger partial charge in [0.25, 0.3) is 0 Å². The van der Waals surface area contributed by atoms with Crippen molar-refractivity contribution in [3.63, 3.8) is 0 Å². The third-order valence-electron chi connectivity index (χ3n) is 10.3. The van der Waals surface area contributed by atoms with E-state index in [1.54, 1.807) is 0 Å². The second-order valence-corrected chi connectivity index (χ2v) is 13.8. The summed E-state index contributed by atoms with van der Waals surface area (Å²) in [5.74, 6) is 0.674. The first-order valence-electron chi connectivity index (χ1n) is 18.8. The number of para-hydroxylation sites is 1. The van der Waals surface area contributed by atoms with Crippen LogP contribution in [0.5, 0.6) is 0 Å². The Morgan fingerprint density at radius 3 is 1.39 bits per heavy atom. The van der Waals surface area contributed by atoms with E-state index in [4.69, 9.17) is 14.4 Å². The minimum absolute atomic E-state index is 0.674. The molecule has 0 radical (unpaired) electrons. The minimum atomic E-state index is 0.674. The fourth-order valence-corrected chi connectivity index (χ4v) is 7.44. The van der Waals surface area contributed by atoms with Gasteiger partial charge in [0.05, 0.1) is 11.4 Å². The van der Waals surface area contributed by atoms with E-state index in [0.717, 1.165) is 72.6 Å². The van der Waals surface area contributed by atoms with E-state index in [1.807, 2.05) is 30.3 Å². The minimum Gasteiger partial charge on any atom is -0.456 e. The van der Waals surface area contributed by atoms with Crippen LogP contribution in [0.3, 0.4) is 0 Å². The fraction of sp³-hybridized carbons (Fsp3) is 0. The first-order chi connectivity index (χ1) is 27.7. The van der Waals surface area contributed by atoms with Crippen molar-refractivity contribution < 1.29 is 4.42 Å². The van der Waals surface area contributed by atoms with Gasteiger partial charge in [-0.25, -0.2) is 9.97 Å². The van der Waals surface area contributed by atoms with Gasteiger partial charge in [-0.15, -0.1) is 0 Å². The first kappa shape index (κ1) is 33.0. The molecule has 0 atom stereocenters. The normalized spacial score (nSPS) is 11.2. The SMILES string of the molecule is c1ccc(-c2ccc(-c3nc(-c4ccccc4)cc(-c4ccc5c(c4)oc4ccc(N(c6ccccc6)c6ccc(-c7ccccc7)cc6)cc45)n3)cc2)cc1. The van der Waals surface area contributed by atoms with Gasteiger partial charge in [0, 0.05) is 44.5 Å². The summed E-state index contributed by atoms with van der Waals surface area (Å²) in [7, 11) is 0. The second-order valence-electron chi connectivity index (χ2n) is 13.8. The molecule has 10 aromatic rings. The van der Waals surface area contributed by atoms with Crippen LogP contribution in [-0.4, -0.2) is 9.97 Å². The van der Waals surface area contributed by atoms with E-state index in [0.29, 0.717) is 5.82 Å². The molecular weight excluding hydrogens is 683 g/mol. The van der Waals surface area contributed by atoms with Crippen molar-refractivity contribution in [2.75, 3.05) is 4.90 Å².